The van der Waals surface area contributed by atoms with Crippen molar-refractivity contribution < 1.29 is 13.6 Å². The van der Waals surface area contributed by atoms with Gasteiger partial charge in [-0.25, -0.2) is 4.39 Å². The number of anilines is 1. The predicted molar refractivity (Wildman–Crippen MR) is 70.9 cm³/mol. The van der Waals surface area contributed by atoms with Gasteiger partial charge >= 0.3 is 0 Å². The number of benzene rings is 1. The summed E-state index contributed by atoms with van der Waals surface area (Å²) in [6, 6.07) is 8.31. The fourth-order valence-corrected chi connectivity index (χ4v) is 2.45. The first-order valence-electron chi connectivity index (χ1n) is 6.38. The fraction of sp³-hybridized carbons (Fsp3) is 0.267. The van der Waals surface area contributed by atoms with Crippen LogP contribution in [-0.2, 0) is 0 Å². The summed E-state index contributed by atoms with van der Waals surface area (Å²) in [7, 11) is 0. The number of aldehydes is 1. The van der Waals surface area contributed by atoms with Gasteiger partial charge in [0.2, 0.25) is 0 Å². The Morgan fingerprint density at radius 1 is 1.16 bits per heavy atom. The van der Waals surface area contributed by atoms with Crippen LogP contribution in [0.4, 0.5) is 10.1 Å². The van der Waals surface area contributed by atoms with Crippen LogP contribution in [0, 0.1) is 5.82 Å². The van der Waals surface area contributed by atoms with Gasteiger partial charge in [0.05, 0.1) is 5.69 Å². The maximum Gasteiger partial charge on any atom is 0.185 e. The van der Waals surface area contributed by atoms with Gasteiger partial charge in [0.25, 0.3) is 0 Å². The molecule has 98 valence electrons. The van der Waals surface area contributed by atoms with Crippen molar-refractivity contribution >= 4 is 12.0 Å². The van der Waals surface area contributed by atoms with Crippen molar-refractivity contribution in [2.24, 2.45) is 0 Å². The zero-order chi connectivity index (χ0) is 13.2. The first-order valence-corrected chi connectivity index (χ1v) is 6.38. The van der Waals surface area contributed by atoms with Gasteiger partial charge in [-0.3, -0.25) is 4.79 Å². The van der Waals surface area contributed by atoms with Gasteiger partial charge in [0.15, 0.2) is 12.0 Å². The molecule has 2 aromatic rings. The lowest BCUT2D eigenvalue weighted by Crippen LogP contribution is -2.18. The zero-order valence-electron chi connectivity index (χ0n) is 10.4. The van der Waals surface area contributed by atoms with Crippen LogP contribution >= 0.6 is 0 Å². The Morgan fingerprint density at radius 3 is 2.58 bits per heavy atom. The predicted octanol–water partition coefficient (Wildman–Crippen LogP) is 3.50. The normalized spacial score (nSPS) is 14.9. The van der Waals surface area contributed by atoms with Crippen molar-refractivity contribution in [2.75, 3.05) is 18.0 Å². The smallest absolute Gasteiger partial charge is 0.185 e. The number of rotatable bonds is 3. The maximum atomic E-state index is 14.1. The van der Waals surface area contributed by atoms with Crippen LogP contribution < -0.4 is 4.90 Å². The lowest BCUT2D eigenvalue weighted by Gasteiger charge is -2.18. The lowest BCUT2D eigenvalue weighted by molar-refractivity contribution is 0.110. The summed E-state index contributed by atoms with van der Waals surface area (Å²) in [5.41, 5.74) is 1.29. The largest absolute Gasteiger partial charge is 0.453 e. The second-order valence-electron chi connectivity index (χ2n) is 4.68. The van der Waals surface area contributed by atoms with E-state index in [1.165, 1.54) is 6.07 Å². The SMILES string of the molecule is O=Cc1ccc(-c2ccc(N3CCCC3)c(F)c2)o1. The van der Waals surface area contributed by atoms with E-state index >= 15 is 0 Å². The van der Waals surface area contributed by atoms with E-state index in [1.807, 2.05) is 6.07 Å². The molecule has 2 heterocycles. The molecule has 1 aromatic carbocycles. The molecule has 1 aromatic heterocycles. The molecule has 4 heteroatoms. The summed E-state index contributed by atoms with van der Waals surface area (Å²) in [4.78, 5) is 12.6. The van der Waals surface area contributed by atoms with E-state index in [2.05, 4.69) is 4.90 Å². The molecule has 0 bridgehead atoms. The Hall–Kier alpha value is -2.10. The highest BCUT2D eigenvalue weighted by atomic mass is 19.1. The van der Waals surface area contributed by atoms with Crippen molar-refractivity contribution in [1.29, 1.82) is 0 Å². The van der Waals surface area contributed by atoms with Gasteiger partial charge in [-0.15, -0.1) is 0 Å². The number of carbonyl (C=O) groups excluding carboxylic acids is 1. The summed E-state index contributed by atoms with van der Waals surface area (Å²) >= 11 is 0. The highest BCUT2D eigenvalue weighted by molar-refractivity contribution is 5.73. The Balaban J connectivity index is 1.92. The van der Waals surface area contributed by atoms with E-state index in [9.17, 15) is 9.18 Å². The molecule has 0 saturated carbocycles. The number of hydrogen-bond acceptors (Lipinski definition) is 3. The highest BCUT2D eigenvalue weighted by Crippen LogP contribution is 2.29. The molecule has 19 heavy (non-hydrogen) atoms. The van der Waals surface area contributed by atoms with E-state index in [-0.39, 0.29) is 11.6 Å². The highest BCUT2D eigenvalue weighted by Gasteiger charge is 2.17. The van der Waals surface area contributed by atoms with E-state index in [0.717, 1.165) is 25.9 Å². The molecule has 1 saturated heterocycles. The second kappa shape index (κ2) is 4.88. The fourth-order valence-electron chi connectivity index (χ4n) is 2.45. The van der Waals surface area contributed by atoms with Gasteiger partial charge in [0.1, 0.15) is 11.6 Å². The minimum Gasteiger partial charge on any atom is -0.453 e. The quantitative estimate of drug-likeness (QED) is 0.791. The third-order valence-electron chi connectivity index (χ3n) is 3.42. The molecule has 0 radical (unpaired) electrons. The van der Waals surface area contributed by atoms with Crippen LogP contribution in [0.25, 0.3) is 11.3 Å². The van der Waals surface area contributed by atoms with Gasteiger partial charge < -0.3 is 9.32 Å². The number of furan rings is 1. The Kier molecular flexibility index (Phi) is 3.07. The molecular weight excluding hydrogens is 245 g/mol. The van der Waals surface area contributed by atoms with Crippen molar-refractivity contribution in [3.8, 4) is 11.3 Å². The average Bonchev–Trinajstić information content (AvgIpc) is 3.10. The van der Waals surface area contributed by atoms with Gasteiger partial charge in [-0.1, -0.05) is 0 Å². The zero-order valence-corrected chi connectivity index (χ0v) is 10.4. The van der Waals surface area contributed by atoms with Crippen LogP contribution in [0.5, 0.6) is 0 Å². The number of halogens is 1. The maximum absolute atomic E-state index is 14.1. The molecular formula is C15H14FNO2. The van der Waals surface area contributed by atoms with E-state index < -0.39 is 0 Å². The molecule has 3 nitrogen and oxygen atoms in total. The third kappa shape index (κ3) is 2.26. The second-order valence-corrected chi connectivity index (χ2v) is 4.68. The molecule has 0 spiro atoms. The molecule has 1 aliphatic rings. The Morgan fingerprint density at radius 2 is 1.95 bits per heavy atom. The van der Waals surface area contributed by atoms with Crippen molar-refractivity contribution in [1.82, 2.24) is 0 Å². The molecule has 0 aliphatic carbocycles. The minimum atomic E-state index is -0.247. The molecule has 0 N–H and O–H groups in total. The van der Waals surface area contributed by atoms with E-state index in [4.69, 9.17) is 4.42 Å². The van der Waals surface area contributed by atoms with Crippen LogP contribution in [0.2, 0.25) is 0 Å². The summed E-state index contributed by atoms with van der Waals surface area (Å²) in [5, 5.41) is 0. The molecule has 3 rings (SSSR count). The Labute approximate surface area is 110 Å². The Bertz CT molecular complexity index is 600. The molecule has 1 fully saturated rings. The van der Waals surface area contributed by atoms with Gasteiger partial charge in [0, 0.05) is 18.7 Å². The molecule has 0 atom stereocenters. The lowest BCUT2D eigenvalue weighted by atomic mass is 10.1. The third-order valence-corrected chi connectivity index (χ3v) is 3.42. The summed E-state index contributed by atoms with van der Waals surface area (Å²) in [5.74, 6) is 0.511. The number of hydrogen-bond donors (Lipinski definition) is 0. The van der Waals surface area contributed by atoms with Crippen molar-refractivity contribution in [3.05, 3.63) is 41.9 Å². The van der Waals surface area contributed by atoms with Crippen molar-refractivity contribution in [3.63, 3.8) is 0 Å². The molecule has 1 aliphatic heterocycles. The van der Waals surface area contributed by atoms with Crippen molar-refractivity contribution in [2.45, 2.75) is 12.8 Å². The van der Waals surface area contributed by atoms with E-state index in [0.29, 0.717) is 23.3 Å². The topological polar surface area (TPSA) is 33.5 Å². The van der Waals surface area contributed by atoms with Crippen LogP contribution in [0.1, 0.15) is 23.4 Å². The first-order chi connectivity index (χ1) is 9.28. The van der Waals surface area contributed by atoms with Gasteiger partial charge in [-0.05, 0) is 43.2 Å². The van der Waals surface area contributed by atoms with Gasteiger partial charge in [-0.2, -0.15) is 0 Å². The monoisotopic (exact) mass is 259 g/mol. The van der Waals surface area contributed by atoms with E-state index in [1.54, 1.807) is 18.2 Å². The van der Waals surface area contributed by atoms with Crippen LogP contribution in [0.15, 0.2) is 34.7 Å². The summed E-state index contributed by atoms with van der Waals surface area (Å²) in [6.45, 7) is 1.82. The molecule has 0 amide bonds. The molecule has 0 unspecified atom stereocenters. The number of carbonyl (C=O) groups is 1. The number of nitrogens with zero attached hydrogens (tertiary/aromatic N) is 1. The summed E-state index contributed by atoms with van der Waals surface area (Å²) < 4.78 is 19.4. The van der Waals surface area contributed by atoms with Crippen LogP contribution in [-0.4, -0.2) is 19.4 Å². The minimum absolute atomic E-state index is 0.247. The summed E-state index contributed by atoms with van der Waals surface area (Å²) in [6.07, 6.45) is 2.86. The standard InChI is InChI=1S/C15H14FNO2/c16-13-9-11(15-6-4-12(10-18)19-15)3-5-14(13)17-7-1-2-8-17/h3-6,9-10H,1-2,7-8H2. The first kappa shape index (κ1) is 12.0. The average molecular weight is 259 g/mol. The van der Waals surface area contributed by atoms with Crippen LogP contribution in [0.3, 0.4) is 0 Å².